The molecule has 0 aliphatic carbocycles. The summed E-state index contributed by atoms with van der Waals surface area (Å²) in [6, 6.07) is 0. The average molecular weight is 475 g/mol. The molecule has 2 fully saturated rings. The zero-order valence-electron chi connectivity index (χ0n) is 22.3. The van der Waals surface area contributed by atoms with Crippen LogP contribution in [0.15, 0.2) is 0 Å². The highest BCUT2D eigenvalue weighted by molar-refractivity contribution is 6.77. The molecule has 2 saturated heterocycles. The summed E-state index contributed by atoms with van der Waals surface area (Å²) >= 11 is 0. The van der Waals surface area contributed by atoms with Gasteiger partial charge >= 0.3 is 0 Å². The Labute approximate surface area is 197 Å². The smallest absolute Gasteiger partial charge is 0.200 e. The van der Waals surface area contributed by atoms with Crippen LogP contribution in [0, 0.1) is 0 Å². The third kappa shape index (κ3) is 7.49. The van der Waals surface area contributed by atoms with E-state index >= 15 is 0 Å². The maximum Gasteiger partial charge on any atom is 0.200 e. The molecular formula is C25H50O6Si. The molecule has 0 bridgehead atoms. The molecule has 2 aliphatic rings. The highest BCUT2D eigenvalue weighted by atomic mass is 28.4. The highest BCUT2D eigenvalue weighted by Crippen LogP contribution is 2.43. The summed E-state index contributed by atoms with van der Waals surface area (Å²) in [6.45, 7) is 22.9. The second kappa shape index (κ2) is 11.1. The van der Waals surface area contributed by atoms with Crippen LogP contribution in [-0.2, 0) is 23.4 Å². The monoisotopic (exact) mass is 474 g/mol. The minimum Gasteiger partial charge on any atom is -0.413 e. The SMILES string of the molecule is CC(C)[Si](OC[C@@H]1C[C@@H](C[C@@H](O)C[C@H]2CCOC(C)(C)O2)OC(C)(C)O1)(C(C)C)C(C)C. The van der Waals surface area contributed by atoms with E-state index in [0.29, 0.717) is 42.7 Å². The number of ether oxygens (including phenoxy) is 4. The van der Waals surface area contributed by atoms with Gasteiger partial charge in [0.15, 0.2) is 19.9 Å². The van der Waals surface area contributed by atoms with E-state index in [1.165, 1.54) is 0 Å². The minimum atomic E-state index is -1.95. The van der Waals surface area contributed by atoms with Crippen molar-refractivity contribution in [3.63, 3.8) is 0 Å². The van der Waals surface area contributed by atoms with Gasteiger partial charge < -0.3 is 28.5 Å². The highest BCUT2D eigenvalue weighted by Gasteiger charge is 2.46. The zero-order chi connectivity index (χ0) is 24.3. The van der Waals surface area contributed by atoms with E-state index in [9.17, 15) is 5.11 Å². The van der Waals surface area contributed by atoms with Crippen LogP contribution < -0.4 is 0 Å². The maximum atomic E-state index is 10.8. The first-order valence-corrected chi connectivity index (χ1v) is 14.8. The van der Waals surface area contributed by atoms with Crippen LogP contribution >= 0.6 is 0 Å². The molecule has 6 nitrogen and oxygen atoms in total. The van der Waals surface area contributed by atoms with Crippen molar-refractivity contribution in [3.8, 4) is 0 Å². The van der Waals surface area contributed by atoms with Crippen molar-refractivity contribution >= 4 is 8.32 Å². The molecule has 2 heterocycles. The lowest BCUT2D eigenvalue weighted by molar-refractivity contribution is -0.307. The number of hydrogen-bond acceptors (Lipinski definition) is 6. The summed E-state index contributed by atoms with van der Waals surface area (Å²) in [5, 5.41) is 10.8. The van der Waals surface area contributed by atoms with Gasteiger partial charge in [-0.05, 0) is 63.6 Å². The Morgan fingerprint density at radius 3 is 1.84 bits per heavy atom. The first-order valence-electron chi connectivity index (χ1n) is 12.7. The van der Waals surface area contributed by atoms with Crippen molar-refractivity contribution in [2.24, 2.45) is 0 Å². The Hall–Kier alpha value is -0.0231. The first-order chi connectivity index (χ1) is 14.7. The molecule has 0 aromatic carbocycles. The topological polar surface area (TPSA) is 66.4 Å². The molecule has 32 heavy (non-hydrogen) atoms. The number of aliphatic hydroxyl groups is 1. The average Bonchev–Trinajstić information content (AvgIpc) is 2.58. The Balaban J connectivity index is 1.97. The van der Waals surface area contributed by atoms with Gasteiger partial charge in [0.2, 0.25) is 0 Å². The second-order valence-electron chi connectivity index (χ2n) is 11.6. The van der Waals surface area contributed by atoms with Crippen molar-refractivity contribution in [3.05, 3.63) is 0 Å². The molecule has 2 aliphatic heterocycles. The van der Waals surface area contributed by atoms with Crippen molar-refractivity contribution in [2.75, 3.05) is 13.2 Å². The molecule has 0 radical (unpaired) electrons. The molecule has 0 unspecified atom stereocenters. The molecule has 0 aromatic heterocycles. The van der Waals surface area contributed by atoms with E-state index in [-0.39, 0.29) is 18.3 Å². The van der Waals surface area contributed by atoms with Crippen LogP contribution in [0.3, 0.4) is 0 Å². The Morgan fingerprint density at radius 1 is 0.812 bits per heavy atom. The second-order valence-corrected chi connectivity index (χ2v) is 17.1. The third-order valence-electron chi connectivity index (χ3n) is 7.06. The van der Waals surface area contributed by atoms with Gasteiger partial charge in [-0.25, -0.2) is 0 Å². The van der Waals surface area contributed by atoms with Gasteiger partial charge in [0.25, 0.3) is 0 Å². The van der Waals surface area contributed by atoms with Crippen LogP contribution in [0.2, 0.25) is 16.6 Å². The Bertz CT molecular complexity index is 555. The summed E-state index contributed by atoms with van der Waals surface area (Å²) in [6.07, 6.45) is 2.15. The Kier molecular flexibility index (Phi) is 9.83. The summed E-state index contributed by atoms with van der Waals surface area (Å²) in [5.41, 5.74) is 1.62. The number of aliphatic hydroxyl groups excluding tert-OH is 1. The molecule has 7 heteroatoms. The lowest BCUT2D eigenvalue weighted by Gasteiger charge is -2.46. The summed E-state index contributed by atoms with van der Waals surface area (Å²) < 4.78 is 30.8. The van der Waals surface area contributed by atoms with Crippen LogP contribution in [0.4, 0.5) is 0 Å². The summed E-state index contributed by atoms with van der Waals surface area (Å²) in [4.78, 5) is 0. The van der Waals surface area contributed by atoms with Crippen LogP contribution in [0.5, 0.6) is 0 Å². The summed E-state index contributed by atoms with van der Waals surface area (Å²) in [7, 11) is -1.95. The minimum absolute atomic E-state index is 0.00970. The molecule has 0 spiro atoms. The fourth-order valence-corrected chi connectivity index (χ4v) is 11.5. The van der Waals surface area contributed by atoms with Gasteiger partial charge in [-0.15, -0.1) is 0 Å². The molecule has 0 aromatic rings. The van der Waals surface area contributed by atoms with E-state index in [4.69, 9.17) is 23.4 Å². The lowest BCUT2D eigenvalue weighted by atomic mass is 9.98. The molecule has 1 N–H and O–H groups in total. The van der Waals surface area contributed by atoms with Crippen LogP contribution in [0.1, 0.15) is 94.9 Å². The van der Waals surface area contributed by atoms with Gasteiger partial charge in [-0.1, -0.05) is 41.5 Å². The number of rotatable bonds is 10. The lowest BCUT2D eigenvalue weighted by Crippen LogP contribution is -2.52. The third-order valence-corrected chi connectivity index (χ3v) is 13.1. The molecular weight excluding hydrogens is 424 g/mol. The van der Waals surface area contributed by atoms with Gasteiger partial charge in [0.05, 0.1) is 37.6 Å². The van der Waals surface area contributed by atoms with Crippen molar-refractivity contribution in [2.45, 2.75) is 148 Å². The quantitative estimate of drug-likeness (QED) is 0.405. The zero-order valence-corrected chi connectivity index (χ0v) is 23.3. The standard InChI is InChI=1S/C25H50O6Si/c1-17(2)32(18(3)4,19(5)6)28-16-23-15-22(30-25(9,10)31-23)14-20(26)13-21-11-12-27-24(7,8)29-21/h17-23,26H,11-16H2,1-10H3/t20-,21+,22+,23-/m0/s1. The van der Waals surface area contributed by atoms with E-state index < -0.39 is 26.0 Å². The maximum absolute atomic E-state index is 10.8. The molecule has 2 rings (SSSR count). The molecule has 0 saturated carbocycles. The van der Waals surface area contributed by atoms with Crippen molar-refractivity contribution < 1.29 is 28.5 Å². The fourth-order valence-electron chi connectivity index (χ4n) is 6.00. The predicted octanol–water partition coefficient (Wildman–Crippen LogP) is 5.77. The first kappa shape index (κ1) is 28.2. The van der Waals surface area contributed by atoms with Crippen LogP contribution in [0.25, 0.3) is 0 Å². The normalized spacial score (nSPS) is 29.6. The fraction of sp³-hybridized carbons (Fsp3) is 1.00. The van der Waals surface area contributed by atoms with Gasteiger partial charge in [0, 0.05) is 6.42 Å². The molecule has 4 atom stereocenters. The predicted molar refractivity (Wildman–Crippen MR) is 130 cm³/mol. The molecule has 0 amide bonds. The van der Waals surface area contributed by atoms with Crippen LogP contribution in [-0.4, -0.2) is 62.6 Å². The van der Waals surface area contributed by atoms with Crippen molar-refractivity contribution in [1.82, 2.24) is 0 Å². The summed E-state index contributed by atoms with van der Waals surface area (Å²) in [5.74, 6) is -1.27. The van der Waals surface area contributed by atoms with Crippen molar-refractivity contribution in [1.29, 1.82) is 0 Å². The number of hydrogen-bond donors (Lipinski definition) is 1. The van der Waals surface area contributed by atoms with E-state index in [1.54, 1.807) is 0 Å². The van der Waals surface area contributed by atoms with Gasteiger partial charge in [-0.3, -0.25) is 0 Å². The van der Waals surface area contributed by atoms with E-state index in [0.717, 1.165) is 12.8 Å². The van der Waals surface area contributed by atoms with Gasteiger partial charge in [-0.2, -0.15) is 0 Å². The molecule has 190 valence electrons. The van der Waals surface area contributed by atoms with E-state index in [1.807, 2.05) is 27.7 Å². The van der Waals surface area contributed by atoms with E-state index in [2.05, 4.69) is 41.5 Å². The van der Waals surface area contributed by atoms with Gasteiger partial charge in [0.1, 0.15) is 0 Å². The largest absolute Gasteiger partial charge is 0.413 e. The Morgan fingerprint density at radius 2 is 1.31 bits per heavy atom.